The zero-order valence-electron chi connectivity index (χ0n) is 9.07. The van der Waals surface area contributed by atoms with E-state index in [-0.39, 0.29) is 0 Å². The molecule has 2 aromatic rings. The van der Waals surface area contributed by atoms with E-state index in [2.05, 4.69) is 29.5 Å². The van der Waals surface area contributed by atoms with E-state index in [1.54, 1.807) is 12.4 Å². The smallest absolute Gasteiger partial charge is 0.0485 e. The van der Waals surface area contributed by atoms with Crippen molar-refractivity contribution in [2.75, 3.05) is 0 Å². The van der Waals surface area contributed by atoms with Crippen molar-refractivity contribution in [3.8, 4) is 5.69 Å². The van der Waals surface area contributed by atoms with Crippen LogP contribution in [0, 0.1) is 13.8 Å². The predicted molar refractivity (Wildman–Crippen MR) is 60.9 cm³/mol. The molecule has 2 rings (SSSR count). The maximum Gasteiger partial charge on any atom is 0.0485 e. The normalized spacial score (nSPS) is 10.6. The van der Waals surface area contributed by atoms with E-state index in [4.69, 9.17) is 5.73 Å². The summed E-state index contributed by atoms with van der Waals surface area (Å²) >= 11 is 0. The first kappa shape index (κ1) is 9.93. The van der Waals surface area contributed by atoms with Crippen LogP contribution in [0.2, 0.25) is 0 Å². The van der Waals surface area contributed by atoms with E-state index >= 15 is 0 Å². The molecule has 0 saturated carbocycles. The Kier molecular flexibility index (Phi) is 2.56. The molecule has 2 heterocycles. The van der Waals surface area contributed by atoms with Crippen LogP contribution in [0.3, 0.4) is 0 Å². The lowest BCUT2D eigenvalue weighted by Gasteiger charge is -2.08. The maximum absolute atomic E-state index is 5.69. The van der Waals surface area contributed by atoms with Gasteiger partial charge in [0.25, 0.3) is 0 Å². The zero-order chi connectivity index (χ0) is 10.8. The van der Waals surface area contributed by atoms with Crippen LogP contribution in [0.1, 0.15) is 17.0 Å². The van der Waals surface area contributed by atoms with Crippen LogP contribution < -0.4 is 5.73 Å². The van der Waals surface area contributed by atoms with Crippen LogP contribution in [-0.4, -0.2) is 9.55 Å². The first-order valence-electron chi connectivity index (χ1n) is 5.02. The topological polar surface area (TPSA) is 43.8 Å². The summed E-state index contributed by atoms with van der Waals surface area (Å²) in [4.78, 5) is 4.02. The van der Waals surface area contributed by atoms with E-state index in [0.717, 1.165) is 5.69 Å². The summed E-state index contributed by atoms with van der Waals surface area (Å²) in [6, 6.07) is 6.14. The van der Waals surface area contributed by atoms with Gasteiger partial charge < -0.3 is 10.3 Å². The van der Waals surface area contributed by atoms with Gasteiger partial charge in [-0.25, -0.2) is 0 Å². The van der Waals surface area contributed by atoms with E-state index < -0.39 is 0 Å². The predicted octanol–water partition coefficient (Wildman–Crippen LogP) is 1.95. The number of hydrogen-bond acceptors (Lipinski definition) is 2. The van der Waals surface area contributed by atoms with Gasteiger partial charge in [0.15, 0.2) is 0 Å². The van der Waals surface area contributed by atoms with Gasteiger partial charge >= 0.3 is 0 Å². The molecule has 3 heteroatoms. The van der Waals surface area contributed by atoms with Crippen molar-refractivity contribution in [1.82, 2.24) is 9.55 Å². The van der Waals surface area contributed by atoms with Gasteiger partial charge in [-0.2, -0.15) is 0 Å². The lowest BCUT2D eigenvalue weighted by atomic mass is 10.2. The highest BCUT2D eigenvalue weighted by molar-refractivity contribution is 5.39. The third kappa shape index (κ3) is 1.66. The lowest BCUT2D eigenvalue weighted by Crippen LogP contribution is -2.01. The number of nitrogens with two attached hydrogens (primary N) is 1. The summed E-state index contributed by atoms with van der Waals surface area (Å²) in [6.07, 6.45) is 3.60. The molecule has 0 aromatic carbocycles. The van der Waals surface area contributed by atoms with Gasteiger partial charge in [0.1, 0.15) is 0 Å². The largest absolute Gasteiger partial charge is 0.326 e. The summed E-state index contributed by atoms with van der Waals surface area (Å²) in [5.74, 6) is 0. The molecule has 2 N–H and O–H groups in total. The van der Waals surface area contributed by atoms with Gasteiger partial charge in [0.05, 0.1) is 0 Å². The van der Waals surface area contributed by atoms with Crippen molar-refractivity contribution in [3.05, 3.63) is 47.5 Å². The Morgan fingerprint density at radius 3 is 2.47 bits per heavy atom. The molecule has 0 amide bonds. The van der Waals surface area contributed by atoms with Crippen LogP contribution in [0.4, 0.5) is 0 Å². The SMILES string of the molecule is Cc1cc(CN)c(C)n1-c1ccncc1. The van der Waals surface area contributed by atoms with Gasteiger partial charge in [0.2, 0.25) is 0 Å². The maximum atomic E-state index is 5.69. The molecule has 0 saturated heterocycles. The van der Waals surface area contributed by atoms with Gasteiger partial charge in [-0.3, -0.25) is 4.98 Å². The summed E-state index contributed by atoms with van der Waals surface area (Å²) in [6.45, 7) is 4.77. The number of aryl methyl sites for hydroxylation is 1. The molecular formula is C12H15N3. The van der Waals surface area contributed by atoms with Crippen LogP contribution in [0.5, 0.6) is 0 Å². The molecule has 2 aromatic heterocycles. The minimum Gasteiger partial charge on any atom is -0.326 e. The standard InChI is InChI=1S/C12H15N3/c1-9-7-11(8-13)10(2)15(9)12-3-5-14-6-4-12/h3-7H,8,13H2,1-2H3. The Morgan fingerprint density at radius 1 is 1.27 bits per heavy atom. The molecule has 0 fully saturated rings. The van der Waals surface area contributed by atoms with Gasteiger partial charge in [-0.05, 0) is 37.6 Å². The lowest BCUT2D eigenvalue weighted by molar-refractivity contribution is 0.939. The molecule has 78 valence electrons. The summed E-state index contributed by atoms with van der Waals surface area (Å²) in [7, 11) is 0. The number of aromatic nitrogens is 2. The van der Waals surface area contributed by atoms with E-state index in [0.29, 0.717) is 6.54 Å². The second-order valence-corrected chi connectivity index (χ2v) is 3.64. The Labute approximate surface area is 89.6 Å². The van der Waals surface area contributed by atoms with Crippen LogP contribution in [0.25, 0.3) is 5.69 Å². The molecule has 0 radical (unpaired) electrons. The quantitative estimate of drug-likeness (QED) is 0.807. The van der Waals surface area contributed by atoms with Crippen LogP contribution in [0.15, 0.2) is 30.6 Å². The fourth-order valence-corrected chi connectivity index (χ4v) is 1.93. The highest BCUT2D eigenvalue weighted by Gasteiger charge is 2.08. The molecule has 0 spiro atoms. The molecular weight excluding hydrogens is 186 g/mol. The number of nitrogens with zero attached hydrogens (tertiary/aromatic N) is 2. The second-order valence-electron chi connectivity index (χ2n) is 3.64. The summed E-state index contributed by atoms with van der Waals surface area (Å²) < 4.78 is 2.20. The fourth-order valence-electron chi connectivity index (χ4n) is 1.93. The van der Waals surface area contributed by atoms with Crippen molar-refractivity contribution >= 4 is 0 Å². The average molecular weight is 201 g/mol. The van der Waals surface area contributed by atoms with Gasteiger partial charge in [0, 0.05) is 36.0 Å². The molecule has 0 aliphatic rings. The first-order valence-corrected chi connectivity index (χ1v) is 5.02. The monoisotopic (exact) mass is 201 g/mol. The number of pyridine rings is 1. The van der Waals surface area contributed by atoms with Gasteiger partial charge in [-0.15, -0.1) is 0 Å². The van der Waals surface area contributed by atoms with Crippen LogP contribution >= 0.6 is 0 Å². The summed E-state index contributed by atoms with van der Waals surface area (Å²) in [5, 5.41) is 0. The minimum absolute atomic E-state index is 0.588. The van der Waals surface area contributed by atoms with E-state index in [9.17, 15) is 0 Å². The van der Waals surface area contributed by atoms with Crippen molar-refractivity contribution in [1.29, 1.82) is 0 Å². The highest BCUT2D eigenvalue weighted by Crippen LogP contribution is 2.19. The molecule has 0 atom stereocenters. The molecule has 0 unspecified atom stereocenters. The Bertz CT molecular complexity index is 457. The van der Waals surface area contributed by atoms with Crippen molar-refractivity contribution < 1.29 is 0 Å². The van der Waals surface area contributed by atoms with Crippen LogP contribution in [-0.2, 0) is 6.54 Å². The Balaban J connectivity index is 2.58. The molecule has 0 bridgehead atoms. The first-order chi connectivity index (χ1) is 7.24. The number of hydrogen-bond donors (Lipinski definition) is 1. The minimum atomic E-state index is 0.588. The molecule has 0 aliphatic carbocycles. The third-order valence-electron chi connectivity index (χ3n) is 2.68. The Hall–Kier alpha value is -1.61. The number of rotatable bonds is 2. The molecule has 15 heavy (non-hydrogen) atoms. The zero-order valence-corrected chi connectivity index (χ0v) is 9.07. The molecule has 3 nitrogen and oxygen atoms in total. The fraction of sp³-hybridized carbons (Fsp3) is 0.250. The van der Waals surface area contributed by atoms with E-state index in [1.807, 2.05) is 12.1 Å². The average Bonchev–Trinajstić information content (AvgIpc) is 2.55. The second kappa shape index (κ2) is 3.87. The van der Waals surface area contributed by atoms with E-state index in [1.165, 1.54) is 17.0 Å². The third-order valence-corrected chi connectivity index (χ3v) is 2.68. The Morgan fingerprint density at radius 2 is 1.93 bits per heavy atom. The van der Waals surface area contributed by atoms with Crippen molar-refractivity contribution in [2.24, 2.45) is 5.73 Å². The van der Waals surface area contributed by atoms with Crippen molar-refractivity contribution in [2.45, 2.75) is 20.4 Å². The highest BCUT2D eigenvalue weighted by atomic mass is 15.0. The summed E-state index contributed by atoms with van der Waals surface area (Å²) in [5.41, 5.74) is 10.4. The van der Waals surface area contributed by atoms with Crippen molar-refractivity contribution in [3.63, 3.8) is 0 Å². The molecule has 0 aliphatic heterocycles. The van der Waals surface area contributed by atoms with Gasteiger partial charge in [-0.1, -0.05) is 0 Å².